The number of hydrogen-bond donors (Lipinski definition) is 4. The molecule has 14 heteroatoms. The van der Waals surface area contributed by atoms with Crippen LogP contribution in [0.5, 0.6) is 11.5 Å². The zero-order valence-electron chi connectivity index (χ0n) is 21.6. The lowest BCUT2D eigenvalue weighted by Crippen LogP contribution is -2.17. The Balaban J connectivity index is 1.51. The van der Waals surface area contributed by atoms with Gasteiger partial charge in [0.15, 0.2) is 0 Å². The van der Waals surface area contributed by atoms with E-state index in [9.17, 15) is 35.5 Å². The van der Waals surface area contributed by atoms with Crippen molar-refractivity contribution < 1.29 is 45.0 Å². The van der Waals surface area contributed by atoms with Crippen LogP contribution in [0.4, 0.5) is 21.0 Å². The van der Waals surface area contributed by atoms with Gasteiger partial charge in [-0.25, -0.2) is 9.59 Å². The van der Waals surface area contributed by atoms with Gasteiger partial charge in [-0.2, -0.15) is 16.8 Å². The Morgan fingerprint density at radius 1 is 0.571 bits per heavy atom. The van der Waals surface area contributed by atoms with Gasteiger partial charge in [0, 0.05) is 11.4 Å². The second kappa shape index (κ2) is 12.8. The summed E-state index contributed by atoms with van der Waals surface area (Å²) in [5.41, 5.74) is 0.247. The van der Waals surface area contributed by atoms with Gasteiger partial charge in [-0.05, 0) is 72.5 Å². The second-order valence-electron chi connectivity index (χ2n) is 8.75. The Morgan fingerprint density at radius 3 is 1.26 bits per heavy atom. The number of carbonyl (C=O) groups is 2. The first-order chi connectivity index (χ1) is 19.9. The fraction of sp³-hybridized carbons (Fsp3) is 0.0714. The Bertz CT molecular complexity index is 1680. The molecule has 0 spiro atoms. The van der Waals surface area contributed by atoms with Crippen LogP contribution in [0.15, 0.2) is 107 Å². The minimum absolute atomic E-state index is 0.0174. The number of nitrogens with one attached hydrogen (secondary N) is 2. The normalized spacial score (nSPS) is 11.4. The summed E-state index contributed by atoms with van der Waals surface area (Å²) in [6, 6.07) is 23.8. The molecule has 2 amide bonds. The van der Waals surface area contributed by atoms with Crippen molar-refractivity contribution in [2.24, 2.45) is 0 Å². The molecule has 0 aliphatic rings. The Labute approximate surface area is 241 Å². The van der Waals surface area contributed by atoms with E-state index in [1.54, 1.807) is 60.7 Å². The van der Waals surface area contributed by atoms with E-state index in [0.717, 1.165) is 12.1 Å². The van der Waals surface area contributed by atoms with E-state index in [4.69, 9.17) is 9.47 Å². The first kappa shape index (κ1) is 30.2. The van der Waals surface area contributed by atoms with Crippen LogP contribution in [0.1, 0.15) is 11.1 Å². The van der Waals surface area contributed by atoms with Gasteiger partial charge in [-0.15, -0.1) is 0 Å². The topological polar surface area (TPSA) is 185 Å². The molecule has 0 aromatic heterocycles. The molecule has 218 valence electrons. The Hall–Kier alpha value is -4.76. The zero-order valence-corrected chi connectivity index (χ0v) is 23.3. The summed E-state index contributed by atoms with van der Waals surface area (Å²) in [4.78, 5) is 23.4. The molecule has 0 radical (unpaired) electrons. The minimum atomic E-state index is -4.76. The van der Waals surface area contributed by atoms with E-state index in [1.165, 1.54) is 24.3 Å². The standard InChI is InChI=1S/C28H24N2O10S2/c31-27(39-23-7-3-1-4-8-23)29-21-15-13-19(25(17-21)41(33,34)35)11-12-20-14-16-22(18-26(20)42(36,37)38)30-28(32)40-24-9-5-2-6-10-24/h1-10,13-18H,11-12H2,(H,29,31)(H,30,32)(H,33,34,35)(H,36,37,38). The SMILES string of the molecule is O=C(Nc1ccc(CCc2ccc(NC(=O)Oc3ccccc3)cc2S(=O)(=O)O)c(S(=O)(=O)O)c1)Oc1ccccc1. The summed E-state index contributed by atoms with van der Waals surface area (Å²) in [7, 11) is -9.52. The molecule has 0 heterocycles. The Morgan fingerprint density at radius 2 is 0.929 bits per heavy atom. The molecular formula is C28H24N2O10S2. The maximum atomic E-state index is 12.2. The minimum Gasteiger partial charge on any atom is -0.410 e. The predicted octanol–water partition coefficient (Wildman–Crippen LogP) is 5.19. The van der Waals surface area contributed by atoms with Crippen molar-refractivity contribution >= 4 is 43.8 Å². The van der Waals surface area contributed by atoms with E-state index in [-0.39, 0.29) is 46.8 Å². The molecule has 0 saturated heterocycles. The van der Waals surface area contributed by atoms with Gasteiger partial charge >= 0.3 is 12.2 Å². The molecule has 0 unspecified atom stereocenters. The van der Waals surface area contributed by atoms with Crippen molar-refractivity contribution in [2.75, 3.05) is 10.6 Å². The fourth-order valence-electron chi connectivity index (χ4n) is 3.91. The second-order valence-corrected chi connectivity index (χ2v) is 11.5. The van der Waals surface area contributed by atoms with Crippen LogP contribution in [0.2, 0.25) is 0 Å². The molecule has 4 rings (SSSR count). The third kappa shape index (κ3) is 8.37. The van der Waals surface area contributed by atoms with Crippen LogP contribution in [0, 0.1) is 0 Å². The smallest absolute Gasteiger partial charge is 0.410 e. The van der Waals surface area contributed by atoms with Crippen molar-refractivity contribution in [1.82, 2.24) is 0 Å². The molecule has 4 N–H and O–H groups in total. The van der Waals surface area contributed by atoms with Crippen LogP contribution >= 0.6 is 0 Å². The summed E-state index contributed by atoms with van der Waals surface area (Å²) in [5.74, 6) is 0.510. The highest BCUT2D eigenvalue weighted by molar-refractivity contribution is 7.86. The van der Waals surface area contributed by atoms with Crippen molar-refractivity contribution in [3.8, 4) is 11.5 Å². The number of anilines is 2. The predicted molar refractivity (Wildman–Crippen MR) is 152 cm³/mol. The molecule has 0 atom stereocenters. The van der Waals surface area contributed by atoms with Crippen LogP contribution in [0.3, 0.4) is 0 Å². The molecule has 12 nitrogen and oxygen atoms in total. The van der Waals surface area contributed by atoms with Gasteiger partial charge in [-0.3, -0.25) is 19.7 Å². The molecule has 0 bridgehead atoms. The molecule has 0 fully saturated rings. The average Bonchev–Trinajstić information content (AvgIpc) is 2.92. The number of para-hydroxylation sites is 2. The first-order valence-electron chi connectivity index (χ1n) is 12.2. The van der Waals surface area contributed by atoms with Crippen LogP contribution < -0.4 is 20.1 Å². The summed E-state index contributed by atoms with van der Waals surface area (Å²) in [6.45, 7) is 0. The first-order valence-corrected chi connectivity index (χ1v) is 15.0. The monoisotopic (exact) mass is 612 g/mol. The highest BCUT2D eigenvalue weighted by Crippen LogP contribution is 2.26. The highest BCUT2D eigenvalue weighted by Gasteiger charge is 2.21. The number of rotatable bonds is 9. The third-order valence-corrected chi connectivity index (χ3v) is 7.63. The molecule has 0 aliphatic carbocycles. The number of aryl methyl sites for hydroxylation is 2. The Kier molecular flexibility index (Phi) is 9.22. The van der Waals surface area contributed by atoms with E-state index < -0.39 is 42.2 Å². The van der Waals surface area contributed by atoms with E-state index in [2.05, 4.69) is 10.6 Å². The van der Waals surface area contributed by atoms with Crippen molar-refractivity contribution in [3.63, 3.8) is 0 Å². The van der Waals surface area contributed by atoms with Crippen molar-refractivity contribution in [2.45, 2.75) is 22.6 Å². The molecule has 0 saturated carbocycles. The molecule has 4 aromatic carbocycles. The van der Waals surface area contributed by atoms with Gasteiger partial charge in [0.05, 0.1) is 9.79 Å². The van der Waals surface area contributed by atoms with Crippen LogP contribution in [-0.4, -0.2) is 38.1 Å². The fourth-order valence-corrected chi connectivity index (χ4v) is 5.46. The van der Waals surface area contributed by atoms with Crippen molar-refractivity contribution in [3.05, 3.63) is 108 Å². The summed E-state index contributed by atoms with van der Waals surface area (Å²) in [6.07, 6.45) is -1.96. The lowest BCUT2D eigenvalue weighted by Gasteiger charge is -2.13. The number of carbonyl (C=O) groups excluding carboxylic acids is 2. The zero-order chi connectivity index (χ0) is 30.3. The van der Waals surface area contributed by atoms with Crippen molar-refractivity contribution in [1.29, 1.82) is 0 Å². The summed E-state index contributed by atoms with van der Waals surface area (Å²) in [5, 5.41) is 4.75. The molecular weight excluding hydrogens is 588 g/mol. The third-order valence-electron chi connectivity index (χ3n) is 5.75. The number of ether oxygens (including phenoxy) is 2. The lowest BCUT2D eigenvalue weighted by atomic mass is 10.0. The highest BCUT2D eigenvalue weighted by atomic mass is 32.2. The van der Waals surface area contributed by atoms with Crippen LogP contribution in [0.25, 0.3) is 0 Å². The largest absolute Gasteiger partial charge is 0.417 e. The van der Waals surface area contributed by atoms with Gasteiger partial charge in [0.2, 0.25) is 0 Å². The van der Waals surface area contributed by atoms with E-state index in [1.807, 2.05) is 0 Å². The average molecular weight is 613 g/mol. The van der Waals surface area contributed by atoms with Gasteiger partial charge in [0.1, 0.15) is 11.5 Å². The lowest BCUT2D eigenvalue weighted by molar-refractivity contribution is 0.214. The number of benzene rings is 4. The summed E-state index contributed by atoms with van der Waals surface area (Å²) >= 11 is 0. The van der Waals surface area contributed by atoms with E-state index in [0.29, 0.717) is 0 Å². The number of hydrogen-bond acceptors (Lipinski definition) is 8. The van der Waals surface area contributed by atoms with Crippen LogP contribution in [-0.2, 0) is 33.1 Å². The van der Waals surface area contributed by atoms with Gasteiger partial charge < -0.3 is 9.47 Å². The van der Waals surface area contributed by atoms with Gasteiger partial charge in [0.25, 0.3) is 20.2 Å². The molecule has 42 heavy (non-hydrogen) atoms. The summed E-state index contributed by atoms with van der Waals surface area (Å²) < 4.78 is 78.3. The van der Waals surface area contributed by atoms with Gasteiger partial charge in [-0.1, -0.05) is 48.5 Å². The quantitative estimate of drug-likeness (QED) is 0.183. The molecule has 4 aromatic rings. The molecule has 0 aliphatic heterocycles. The van der Waals surface area contributed by atoms with E-state index >= 15 is 0 Å². The maximum absolute atomic E-state index is 12.2. The maximum Gasteiger partial charge on any atom is 0.417 e. The number of amides is 2.